The second-order valence-electron chi connectivity index (χ2n) is 4.78. The van der Waals surface area contributed by atoms with E-state index in [2.05, 4.69) is 16.7 Å². The number of carbonyl (C=O) groups is 1. The molecule has 0 bridgehead atoms. The maximum absolute atomic E-state index is 12.3. The fourth-order valence-corrected chi connectivity index (χ4v) is 2.24. The lowest BCUT2D eigenvalue weighted by molar-refractivity contribution is -0.132. The molecule has 1 aliphatic heterocycles. The van der Waals surface area contributed by atoms with Gasteiger partial charge in [-0.15, -0.1) is 0 Å². The smallest absolute Gasteiger partial charge is 0.254 e. The predicted octanol–water partition coefficient (Wildman–Crippen LogP) is 1.80. The minimum absolute atomic E-state index is 0.0718. The summed E-state index contributed by atoms with van der Waals surface area (Å²) in [4.78, 5) is 12.3. The van der Waals surface area contributed by atoms with Crippen LogP contribution in [0.1, 0.15) is 25.0 Å². The zero-order valence-electron chi connectivity index (χ0n) is 11.9. The van der Waals surface area contributed by atoms with E-state index in [-0.39, 0.29) is 5.91 Å². The zero-order valence-corrected chi connectivity index (χ0v) is 11.9. The molecule has 20 heavy (non-hydrogen) atoms. The molecule has 2 rings (SSSR count). The van der Waals surface area contributed by atoms with E-state index in [1.807, 2.05) is 37.3 Å². The maximum atomic E-state index is 12.3. The second kappa shape index (κ2) is 7.82. The van der Waals surface area contributed by atoms with Crippen molar-refractivity contribution in [2.24, 2.45) is 0 Å². The first kappa shape index (κ1) is 14.8. The molecule has 108 valence electrons. The molecule has 0 saturated heterocycles. The molecule has 1 aromatic rings. The largest absolute Gasteiger partial charge is 0.364 e. The van der Waals surface area contributed by atoms with Gasteiger partial charge >= 0.3 is 0 Å². The number of nitrogens with one attached hydrogen (secondary N) is 2. The fraction of sp³-hybridized carbons (Fsp3) is 0.438. The molecule has 1 atom stereocenters. The Morgan fingerprint density at radius 3 is 2.85 bits per heavy atom. The van der Waals surface area contributed by atoms with Gasteiger partial charge in [-0.25, -0.2) is 0 Å². The summed E-state index contributed by atoms with van der Waals surface area (Å²) < 4.78 is 5.59. The summed E-state index contributed by atoms with van der Waals surface area (Å²) >= 11 is 0. The van der Waals surface area contributed by atoms with Gasteiger partial charge < -0.3 is 15.4 Å². The number of hydrogen-bond donors (Lipinski definition) is 2. The van der Waals surface area contributed by atoms with Crippen LogP contribution in [0, 0.1) is 0 Å². The van der Waals surface area contributed by atoms with Crippen molar-refractivity contribution in [3.05, 3.63) is 47.5 Å². The van der Waals surface area contributed by atoms with E-state index >= 15 is 0 Å². The van der Waals surface area contributed by atoms with Crippen molar-refractivity contribution in [2.45, 2.75) is 19.4 Å². The molecule has 1 unspecified atom stereocenters. The first-order valence-corrected chi connectivity index (χ1v) is 7.14. The normalized spacial score (nSPS) is 16.4. The lowest BCUT2D eigenvalue weighted by Crippen LogP contribution is -2.34. The molecular weight excluding hydrogens is 252 g/mol. The van der Waals surface area contributed by atoms with Gasteiger partial charge in [0.1, 0.15) is 0 Å². The number of hydrogen-bond acceptors (Lipinski definition) is 3. The lowest BCUT2D eigenvalue weighted by atomic mass is 10.1. The average molecular weight is 274 g/mol. The molecule has 2 N–H and O–H groups in total. The van der Waals surface area contributed by atoms with Crippen LogP contribution < -0.4 is 10.6 Å². The van der Waals surface area contributed by atoms with Crippen LogP contribution in [0.3, 0.4) is 0 Å². The molecular formula is C16H22N2O2. The van der Waals surface area contributed by atoms with Crippen LogP contribution in [-0.4, -0.2) is 32.1 Å². The predicted molar refractivity (Wildman–Crippen MR) is 79.4 cm³/mol. The average Bonchev–Trinajstić information content (AvgIpc) is 2.52. The van der Waals surface area contributed by atoms with Gasteiger partial charge in [-0.05, 0) is 25.5 Å². The molecule has 4 heteroatoms. The van der Waals surface area contributed by atoms with E-state index in [0.29, 0.717) is 13.2 Å². The molecule has 0 spiro atoms. The Kier molecular flexibility index (Phi) is 5.77. The Balaban J connectivity index is 1.95. The van der Waals surface area contributed by atoms with E-state index in [4.69, 9.17) is 4.74 Å². The van der Waals surface area contributed by atoms with Crippen molar-refractivity contribution in [3.8, 4) is 0 Å². The van der Waals surface area contributed by atoms with Crippen molar-refractivity contribution in [2.75, 3.05) is 26.2 Å². The van der Waals surface area contributed by atoms with Gasteiger partial charge in [0, 0.05) is 19.7 Å². The molecule has 1 heterocycles. The summed E-state index contributed by atoms with van der Waals surface area (Å²) in [5, 5.41) is 6.23. The molecule has 1 amide bonds. The highest BCUT2D eigenvalue weighted by Gasteiger charge is 2.20. The highest BCUT2D eigenvalue weighted by molar-refractivity contribution is 5.82. The monoisotopic (exact) mass is 274 g/mol. The number of carbonyl (C=O) groups excluding carboxylic acids is 1. The molecule has 1 aromatic carbocycles. The third kappa shape index (κ3) is 4.18. The Labute approximate surface area is 120 Å². The summed E-state index contributed by atoms with van der Waals surface area (Å²) in [5.41, 5.74) is 2.17. The van der Waals surface area contributed by atoms with Gasteiger partial charge in [-0.1, -0.05) is 42.0 Å². The van der Waals surface area contributed by atoms with Gasteiger partial charge in [0.2, 0.25) is 0 Å². The molecule has 0 aromatic heterocycles. The van der Waals surface area contributed by atoms with Crippen molar-refractivity contribution in [1.82, 2.24) is 10.6 Å². The van der Waals surface area contributed by atoms with Crippen molar-refractivity contribution in [1.29, 1.82) is 0 Å². The lowest BCUT2D eigenvalue weighted by Gasteiger charge is -2.19. The topological polar surface area (TPSA) is 50.4 Å². The van der Waals surface area contributed by atoms with Crippen LogP contribution in [0.15, 0.2) is 42.0 Å². The summed E-state index contributed by atoms with van der Waals surface area (Å²) in [6, 6.07) is 9.62. The Morgan fingerprint density at radius 2 is 2.20 bits per heavy atom. The van der Waals surface area contributed by atoms with Crippen molar-refractivity contribution in [3.63, 3.8) is 0 Å². The molecule has 1 aliphatic rings. The number of rotatable bonds is 6. The fourth-order valence-electron chi connectivity index (χ4n) is 2.24. The Hall–Kier alpha value is -1.65. The van der Waals surface area contributed by atoms with Crippen molar-refractivity contribution < 1.29 is 9.53 Å². The second-order valence-corrected chi connectivity index (χ2v) is 4.78. The van der Waals surface area contributed by atoms with E-state index in [1.54, 1.807) is 0 Å². The van der Waals surface area contributed by atoms with Crippen LogP contribution in [0.4, 0.5) is 0 Å². The van der Waals surface area contributed by atoms with Gasteiger partial charge in [0.05, 0.1) is 0 Å². The van der Waals surface area contributed by atoms with E-state index in [9.17, 15) is 4.79 Å². The van der Waals surface area contributed by atoms with Gasteiger partial charge in [0.25, 0.3) is 5.91 Å². The number of ether oxygens (including phenoxy) is 1. The summed E-state index contributed by atoms with van der Waals surface area (Å²) in [6.45, 7) is 4.89. The van der Waals surface area contributed by atoms with E-state index < -0.39 is 6.10 Å². The highest BCUT2D eigenvalue weighted by atomic mass is 16.5. The van der Waals surface area contributed by atoms with Gasteiger partial charge in [-0.3, -0.25) is 4.79 Å². The molecule has 0 radical (unpaired) electrons. The zero-order chi connectivity index (χ0) is 14.2. The minimum Gasteiger partial charge on any atom is -0.364 e. The summed E-state index contributed by atoms with van der Waals surface area (Å²) in [5.74, 6) is -0.0718. The molecule has 0 aliphatic carbocycles. The first-order valence-electron chi connectivity index (χ1n) is 7.14. The molecule has 0 saturated carbocycles. The van der Waals surface area contributed by atoms with Crippen LogP contribution in [0.5, 0.6) is 0 Å². The van der Waals surface area contributed by atoms with E-state index in [1.165, 1.54) is 5.57 Å². The molecule has 0 fully saturated rings. The summed E-state index contributed by atoms with van der Waals surface area (Å²) in [7, 11) is 0. The highest BCUT2D eigenvalue weighted by Crippen LogP contribution is 2.17. The van der Waals surface area contributed by atoms with Gasteiger partial charge in [0.15, 0.2) is 6.10 Å². The van der Waals surface area contributed by atoms with Crippen LogP contribution >= 0.6 is 0 Å². The summed E-state index contributed by atoms with van der Waals surface area (Å²) in [6.07, 6.45) is 2.61. The molecule has 4 nitrogen and oxygen atoms in total. The minimum atomic E-state index is -0.525. The van der Waals surface area contributed by atoms with Gasteiger partial charge in [-0.2, -0.15) is 0 Å². The Morgan fingerprint density at radius 1 is 1.40 bits per heavy atom. The number of amides is 1. The maximum Gasteiger partial charge on any atom is 0.254 e. The standard InChI is InChI=1S/C16H22N2O2/c1-2-20-15(14-6-4-3-5-7-14)16(19)18-12-13-8-10-17-11-9-13/h3-8,15,17H,2,9-12H2,1H3,(H,18,19). The van der Waals surface area contributed by atoms with E-state index in [0.717, 1.165) is 25.1 Å². The Bertz CT molecular complexity index is 457. The van der Waals surface area contributed by atoms with Crippen LogP contribution in [0.25, 0.3) is 0 Å². The quantitative estimate of drug-likeness (QED) is 0.778. The SMILES string of the molecule is CCOC(C(=O)NCC1=CCNCC1)c1ccccc1. The van der Waals surface area contributed by atoms with Crippen LogP contribution in [0.2, 0.25) is 0 Å². The third-order valence-electron chi connectivity index (χ3n) is 3.32. The first-order chi connectivity index (χ1) is 9.81. The number of benzene rings is 1. The van der Waals surface area contributed by atoms with Crippen molar-refractivity contribution >= 4 is 5.91 Å². The van der Waals surface area contributed by atoms with Crippen LogP contribution in [-0.2, 0) is 9.53 Å². The third-order valence-corrected chi connectivity index (χ3v) is 3.32.